The molecule has 0 spiro atoms. The number of ether oxygens (including phenoxy) is 1. The van der Waals surface area contributed by atoms with Crippen molar-refractivity contribution in [3.05, 3.63) is 96.6 Å². The minimum atomic E-state index is -3.85. The van der Waals surface area contributed by atoms with Gasteiger partial charge in [-0.1, -0.05) is 66.2 Å². The Morgan fingerprint density at radius 2 is 1.45 bits per heavy atom. The van der Waals surface area contributed by atoms with Crippen molar-refractivity contribution in [2.75, 3.05) is 7.11 Å². The number of hydrogen-bond donors (Lipinski definition) is 0. The van der Waals surface area contributed by atoms with Gasteiger partial charge < -0.3 is 4.74 Å². The predicted octanol–water partition coefficient (Wildman–Crippen LogP) is 6.02. The van der Waals surface area contributed by atoms with Crippen molar-refractivity contribution < 1.29 is 13.2 Å². The van der Waals surface area contributed by atoms with E-state index in [2.05, 4.69) is 0 Å². The molecule has 4 nitrogen and oxygen atoms in total. The molecule has 0 radical (unpaired) electrons. The van der Waals surface area contributed by atoms with E-state index in [1.165, 1.54) is 3.97 Å². The summed E-state index contributed by atoms with van der Waals surface area (Å²) in [6.07, 6.45) is 0. The van der Waals surface area contributed by atoms with E-state index in [0.717, 1.165) is 27.3 Å². The average molecular weight is 428 g/mol. The van der Waals surface area contributed by atoms with Gasteiger partial charge in [-0.15, -0.1) is 0 Å². The molecule has 0 N–H and O–H groups in total. The lowest BCUT2D eigenvalue weighted by Crippen LogP contribution is -2.14. The minimum Gasteiger partial charge on any atom is -0.496 e. The Morgan fingerprint density at radius 3 is 2.19 bits per heavy atom. The van der Waals surface area contributed by atoms with E-state index in [0.29, 0.717) is 17.0 Å². The molecule has 0 saturated carbocycles. The van der Waals surface area contributed by atoms with Crippen LogP contribution in [0.2, 0.25) is 0 Å². The van der Waals surface area contributed by atoms with Crippen LogP contribution in [0.5, 0.6) is 5.75 Å². The summed E-state index contributed by atoms with van der Waals surface area (Å²) in [5.41, 5.74) is 2.98. The summed E-state index contributed by atoms with van der Waals surface area (Å²) in [6, 6.07) is 28.2. The second-order valence-electron chi connectivity index (χ2n) is 7.53. The molecule has 31 heavy (non-hydrogen) atoms. The van der Waals surface area contributed by atoms with Crippen molar-refractivity contribution in [3.8, 4) is 17.0 Å². The molecule has 0 saturated heterocycles. The molecule has 1 aromatic heterocycles. The predicted molar refractivity (Wildman–Crippen MR) is 125 cm³/mol. The first-order valence-electron chi connectivity index (χ1n) is 9.99. The van der Waals surface area contributed by atoms with Gasteiger partial charge in [0.15, 0.2) is 0 Å². The molecule has 4 aromatic carbocycles. The number of para-hydroxylation sites is 1. The summed E-state index contributed by atoms with van der Waals surface area (Å²) in [5, 5.41) is 2.80. The van der Waals surface area contributed by atoms with Crippen LogP contribution in [0, 0.1) is 6.92 Å². The zero-order chi connectivity index (χ0) is 21.6. The highest BCUT2D eigenvalue weighted by Gasteiger charge is 2.26. The van der Waals surface area contributed by atoms with Gasteiger partial charge in [0.1, 0.15) is 5.75 Å². The summed E-state index contributed by atoms with van der Waals surface area (Å²) in [7, 11) is -2.24. The number of aromatic nitrogens is 1. The Bertz CT molecular complexity index is 1530. The highest BCUT2D eigenvalue weighted by molar-refractivity contribution is 7.90. The monoisotopic (exact) mass is 427 g/mol. The van der Waals surface area contributed by atoms with Crippen LogP contribution in [0.4, 0.5) is 0 Å². The Balaban J connectivity index is 1.92. The van der Waals surface area contributed by atoms with E-state index >= 15 is 0 Å². The van der Waals surface area contributed by atoms with Crippen molar-refractivity contribution >= 4 is 31.7 Å². The molecule has 1 heterocycles. The molecule has 0 aliphatic rings. The second kappa shape index (κ2) is 7.29. The Kier molecular flexibility index (Phi) is 4.56. The lowest BCUT2D eigenvalue weighted by atomic mass is 10.0. The molecular weight excluding hydrogens is 406 g/mol. The summed E-state index contributed by atoms with van der Waals surface area (Å²) in [6.45, 7) is 1.94. The van der Waals surface area contributed by atoms with E-state index in [1.54, 1.807) is 19.2 Å². The van der Waals surface area contributed by atoms with Crippen LogP contribution in [-0.2, 0) is 10.0 Å². The van der Waals surface area contributed by atoms with Gasteiger partial charge in [-0.3, -0.25) is 0 Å². The van der Waals surface area contributed by atoms with Gasteiger partial charge in [0.2, 0.25) is 0 Å². The van der Waals surface area contributed by atoms with Gasteiger partial charge >= 0.3 is 0 Å². The molecule has 5 aromatic rings. The maximum Gasteiger partial charge on any atom is 0.268 e. The summed E-state index contributed by atoms with van der Waals surface area (Å²) < 4.78 is 34.9. The lowest BCUT2D eigenvalue weighted by molar-refractivity contribution is 0.417. The third-order valence-corrected chi connectivity index (χ3v) is 7.33. The van der Waals surface area contributed by atoms with Crippen LogP contribution in [0.25, 0.3) is 32.9 Å². The third-order valence-electron chi connectivity index (χ3n) is 5.59. The smallest absolute Gasteiger partial charge is 0.268 e. The Labute approximate surface area is 181 Å². The molecule has 0 unspecified atom stereocenters. The normalized spacial score (nSPS) is 11.8. The molecule has 0 fully saturated rings. The van der Waals surface area contributed by atoms with Gasteiger partial charge in [-0.05, 0) is 48.0 Å². The highest BCUT2D eigenvalue weighted by atomic mass is 32.2. The van der Waals surface area contributed by atoms with E-state index in [9.17, 15) is 8.42 Å². The van der Waals surface area contributed by atoms with Crippen LogP contribution in [0.15, 0.2) is 95.9 Å². The van der Waals surface area contributed by atoms with E-state index < -0.39 is 10.0 Å². The van der Waals surface area contributed by atoms with Crippen molar-refractivity contribution in [1.82, 2.24) is 3.97 Å². The fraction of sp³-hybridized carbons (Fsp3) is 0.0769. The molecular formula is C26H21NO3S. The van der Waals surface area contributed by atoms with Gasteiger partial charge in [-0.2, -0.15) is 0 Å². The van der Waals surface area contributed by atoms with Crippen LogP contribution in [0.1, 0.15) is 5.56 Å². The number of aryl methyl sites for hydroxylation is 1. The Hall–Kier alpha value is -3.57. The van der Waals surface area contributed by atoms with Gasteiger partial charge in [-0.25, -0.2) is 12.4 Å². The van der Waals surface area contributed by atoms with E-state index in [4.69, 9.17) is 4.74 Å². The second-order valence-corrected chi connectivity index (χ2v) is 9.32. The largest absolute Gasteiger partial charge is 0.496 e. The molecule has 0 aliphatic heterocycles. The summed E-state index contributed by atoms with van der Waals surface area (Å²) >= 11 is 0. The quantitative estimate of drug-likeness (QED) is 0.353. The molecule has 5 heteroatoms. The first-order chi connectivity index (χ1) is 15.0. The zero-order valence-corrected chi connectivity index (χ0v) is 18.1. The summed E-state index contributed by atoms with van der Waals surface area (Å²) in [4.78, 5) is 0.250. The van der Waals surface area contributed by atoms with Crippen molar-refractivity contribution in [2.24, 2.45) is 0 Å². The van der Waals surface area contributed by atoms with Crippen LogP contribution >= 0.6 is 0 Å². The molecule has 154 valence electrons. The zero-order valence-electron chi connectivity index (χ0n) is 17.2. The van der Waals surface area contributed by atoms with E-state index in [1.807, 2.05) is 85.8 Å². The molecule has 0 aliphatic carbocycles. The lowest BCUT2D eigenvalue weighted by Gasteiger charge is -2.16. The van der Waals surface area contributed by atoms with Gasteiger partial charge in [0.05, 0.1) is 23.2 Å². The first-order valence-corrected chi connectivity index (χ1v) is 11.4. The maximum absolute atomic E-state index is 13.9. The standard InChI is InChI=1S/C26H21NO3S/c1-18-11-14-21(15-12-18)31(28,29)27-23-10-6-4-8-20(23)17-24(27)26-22-9-5-3-7-19(22)13-16-25(26)30-2/h3-17H,1-2H3. The Morgan fingerprint density at radius 1 is 0.774 bits per heavy atom. The maximum atomic E-state index is 13.9. The number of hydrogen-bond acceptors (Lipinski definition) is 3. The van der Waals surface area contributed by atoms with Crippen molar-refractivity contribution in [2.45, 2.75) is 11.8 Å². The fourth-order valence-corrected chi connectivity index (χ4v) is 5.58. The fourth-order valence-electron chi connectivity index (χ4n) is 4.06. The SMILES string of the molecule is COc1ccc2ccccc2c1-c1cc2ccccc2n1S(=O)(=O)c1ccc(C)cc1. The average Bonchev–Trinajstić information content (AvgIpc) is 3.18. The van der Waals surface area contributed by atoms with E-state index in [-0.39, 0.29) is 4.90 Å². The minimum absolute atomic E-state index is 0.250. The molecule has 0 bridgehead atoms. The van der Waals surface area contributed by atoms with Crippen LogP contribution in [-0.4, -0.2) is 19.5 Å². The van der Waals surface area contributed by atoms with Gasteiger partial charge in [0, 0.05) is 10.9 Å². The first kappa shape index (κ1) is 19.4. The van der Waals surface area contributed by atoms with Crippen LogP contribution in [0.3, 0.4) is 0 Å². The number of rotatable bonds is 4. The highest BCUT2D eigenvalue weighted by Crippen LogP contribution is 2.41. The summed E-state index contributed by atoms with van der Waals surface area (Å²) in [5.74, 6) is 0.627. The number of nitrogens with zero attached hydrogens (tertiary/aromatic N) is 1. The number of benzene rings is 4. The molecule has 0 atom stereocenters. The van der Waals surface area contributed by atoms with Crippen LogP contribution < -0.4 is 4.74 Å². The topological polar surface area (TPSA) is 48.3 Å². The molecule has 5 rings (SSSR count). The molecule has 0 amide bonds. The van der Waals surface area contributed by atoms with Gasteiger partial charge in [0.25, 0.3) is 10.0 Å². The number of methoxy groups -OCH3 is 1. The van der Waals surface area contributed by atoms with Crippen molar-refractivity contribution in [3.63, 3.8) is 0 Å². The van der Waals surface area contributed by atoms with Crippen molar-refractivity contribution in [1.29, 1.82) is 0 Å². The number of fused-ring (bicyclic) bond motifs is 2. The third kappa shape index (κ3) is 3.09.